The average molecular weight is 403 g/mol. The van der Waals surface area contributed by atoms with Crippen LogP contribution in [-0.2, 0) is 0 Å². The fraction of sp³-hybridized carbons (Fsp3) is 0.130. The number of benzene rings is 2. The van der Waals surface area contributed by atoms with E-state index < -0.39 is 0 Å². The molecular formula is C23H18FN3OS. The van der Waals surface area contributed by atoms with Gasteiger partial charge in [-0.05, 0) is 42.2 Å². The van der Waals surface area contributed by atoms with Crippen molar-refractivity contribution in [2.24, 2.45) is 0 Å². The van der Waals surface area contributed by atoms with E-state index in [0.29, 0.717) is 15.4 Å². The molecule has 144 valence electrons. The molecule has 4 nitrogen and oxygen atoms in total. The quantitative estimate of drug-likeness (QED) is 0.489. The van der Waals surface area contributed by atoms with Crippen LogP contribution >= 0.6 is 11.3 Å². The molecule has 6 heteroatoms. The zero-order valence-electron chi connectivity index (χ0n) is 15.5. The Hall–Kier alpha value is -3.25. The van der Waals surface area contributed by atoms with E-state index >= 15 is 0 Å². The van der Waals surface area contributed by atoms with Crippen LogP contribution in [0, 0.1) is 5.82 Å². The van der Waals surface area contributed by atoms with Gasteiger partial charge < -0.3 is 11.1 Å². The molecule has 1 amide bonds. The number of pyridine rings is 1. The Bertz CT molecular complexity index is 1210. The lowest BCUT2D eigenvalue weighted by molar-refractivity contribution is 0.0956. The lowest BCUT2D eigenvalue weighted by Crippen LogP contribution is -2.25. The summed E-state index contributed by atoms with van der Waals surface area (Å²) in [5.74, 6) is -0.454. The van der Waals surface area contributed by atoms with Crippen molar-refractivity contribution in [3.05, 3.63) is 71.4 Å². The van der Waals surface area contributed by atoms with Gasteiger partial charge in [0.05, 0.1) is 11.4 Å². The molecule has 2 heterocycles. The zero-order valence-corrected chi connectivity index (χ0v) is 16.3. The Kier molecular flexibility index (Phi) is 4.28. The largest absolute Gasteiger partial charge is 0.397 e. The number of amides is 1. The molecule has 0 spiro atoms. The van der Waals surface area contributed by atoms with E-state index in [-0.39, 0.29) is 17.8 Å². The molecule has 1 fully saturated rings. The summed E-state index contributed by atoms with van der Waals surface area (Å²) in [6.45, 7) is 0. The number of carbonyl (C=O) groups excluding carboxylic acids is 1. The molecule has 1 saturated carbocycles. The molecular weight excluding hydrogens is 385 g/mol. The molecule has 0 saturated heterocycles. The van der Waals surface area contributed by atoms with Crippen LogP contribution in [0.1, 0.15) is 22.5 Å². The molecule has 2 aromatic heterocycles. The van der Waals surface area contributed by atoms with E-state index in [1.54, 1.807) is 12.1 Å². The molecule has 0 aliphatic heterocycles. The first-order valence-corrected chi connectivity index (χ1v) is 10.3. The summed E-state index contributed by atoms with van der Waals surface area (Å²) in [4.78, 5) is 18.6. The van der Waals surface area contributed by atoms with Crippen LogP contribution < -0.4 is 11.1 Å². The monoisotopic (exact) mass is 403 g/mol. The summed E-state index contributed by atoms with van der Waals surface area (Å²) >= 11 is 1.30. The topological polar surface area (TPSA) is 68.0 Å². The van der Waals surface area contributed by atoms with Crippen molar-refractivity contribution in [2.75, 3.05) is 5.73 Å². The Morgan fingerprint density at radius 1 is 1.07 bits per heavy atom. The number of nitrogens with zero attached hydrogens (tertiary/aromatic N) is 1. The number of nitrogens with two attached hydrogens (primary N) is 1. The third-order valence-corrected chi connectivity index (χ3v) is 6.14. The second kappa shape index (κ2) is 6.97. The van der Waals surface area contributed by atoms with Gasteiger partial charge in [-0.1, -0.05) is 42.5 Å². The van der Waals surface area contributed by atoms with Gasteiger partial charge >= 0.3 is 0 Å². The van der Waals surface area contributed by atoms with Crippen molar-refractivity contribution in [3.8, 4) is 22.4 Å². The summed E-state index contributed by atoms with van der Waals surface area (Å²) < 4.78 is 13.5. The molecule has 4 aromatic rings. The highest BCUT2D eigenvalue weighted by molar-refractivity contribution is 7.21. The van der Waals surface area contributed by atoms with Crippen LogP contribution in [0.3, 0.4) is 0 Å². The van der Waals surface area contributed by atoms with Crippen molar-refractivity contribution in [1.82, 2.24) is 10.3 Å². The smallest absolute Gasteiger partial charge is 0.263 e. The standard InChI is InChI=1S/C23H18FN3OS/c24-15-8-6-13(7-9-15)17-12-18(14-4-2-1-3-5-14)27-23-19(17)20(25)21(29-23)22(28)26-16-10-11-16/h1-9,12,16H,10-11,25H2,(H,26,28). The van der Waals surface area contributed by atoms with Crippen molar-refractivity contribution in [3.63, 3.8) is 0 Å². The number of thiophene rings is 1. The number of hydrogen-bond donors (Lipinski definition) is 2. The first-order chi connectivity index (χ1) is 14.1. The first kappa shape index (κ1) is 17.8. The van der Waals surface area contributed by atoms with Crippen molar-refractivity contribution < 1.29 is 9.18 Å². The summed E-state index contributed by atoms with van der Waals surface area (Å²) in [5.41, 5.74) is 10.3. The third-order valence-electron chi connectivity index (χ3n) is 5.04. The predicted octanol–water partition coefficient (Wildman–Crippen LogP) is 5.24. The predicted molar refractivity (Wildman–Crippen MR) is 115 cm³/mol. The Balaban J connectivity index is 1.73. The Labute approximate surface area is 171 Å². The van der Waals surface area contributed by atoms with Crippen LogP contribution in [0.15, 0.2) is 60.7 Å². The van der Waals surface area contributed by atoms with Gasteiger partial charge in [0.15, 0.2) is 0 Å². The number of nitrogen functional groups attached to an aromatic ring is 1. The van der Waals surface area contributed by atoms with E-state index in [1.807, 2.05) is 36.4 Å². The molecule has 3 N–H and O–H groups in total. The molecule has 1 aliphatic carbocycles. The summed E-state index contributed by atoms with van der Waals surface area (Å²) in [6, 6.07) is 18.3. The molecule has 2 aromatic carbocycles. The molecule has 0 unspecified atom stereocenters. The van der Waals surface area contributed by atoms with Gasteiger partial charge in [-0.2, -0.15) is 0 Å². The van der Waals surface area contributed by atoms with Crippen LogP contribution in [0.4, 0.5) is 10.1 Å². The van der Waals surface area contributed by atoms with Gasteiger partial charge in [0, 0.05) is 17.0 Å². The summed E-state index contributed by atoms with van der Waals surface area (Å²) in [6.07, 6.45) is 2.02. The minimum absolute atomic E-state index is 0.153. The highest BCUT2D eigenvalue weighted by Crippen LogP contribution is 2.41. The van der Waals surface area contributed by atoms with E-state index in [0.717, 1.165) is 40.6 Å². The second-order valence-electron chi connectivity index (χ2n) is 7.20. The van der Waals surface area contributed by atoms with E-state index in [1.165, 1.54) is 23.5 Å². The maximum absolute atomic E-state index is 13.5. The van der Waals surface area contributed by atoms with Crippen LogP contribution in [0.5, 0.6) is 0 Å². The minimum Gasteiger partial charge on any atom is -0.397 e. The lowest BCUT2D eigenvalue weighted by Gasteiger charge is -2.09. The van der Waals surface area contributed by atoms with E-state index in [9.17, 15) is 9.18 Å². The Morgan fingerprint density at radius 2 is 1.79 bits per heavy atom. The number of rotatable bonds is 4. The zero-order chi connectivity index (χ0) is 20.0. The van der Waals surface area contributed by atoms with Crippen molar-refractivity contribution in [1.29, 1.82) is 0 Å². The van der Waals surface area contributed by atoms with Crippen LogP contribution in [0.25, 0.3) is 32.6 Å². The fourth-order valence-corrected chi connectivity index (χ4v) is 4.41. The molecule has 29 heavy (non-hydrogen) atoms. The van der Waals surface area contributed by atoms with Gasteiger partial charge in [0.1, 0.15) is 15.5 Å². The Morgan fingerprint density at radius 3 is 2.48 bits per heavy atom. The number of aromatic nitrogens is 1. The van der Waals surface area contributed by atoms with Crippen molar-refractivity contribution >= 4 is 33.1 Å². The lowest BCUT2D eigenvalue weighted by atomic mass is 9.99. The van der Waals surface area contributed by atoms with Crippen LogP contribution in [-0.4, -0.2) is 16.9 Å². The minimum atomic E-state index is -0.301. The highest BCUT2D eigenvalue weighted by Gasteiger charge is 2.27. The maximum atomic E-state index is 13.5. The average Bonchev–Trinajstić information content (AvgIpc) is 3.49. The number of fused-ring (bicyclic) bond motifs is 1. The summed E-state index contributed by atoms with van der Waals surface area (Å²) in [7, 11) is 0. The van der Waals surface area contributed by atoms with E-state index in [4.69, 9.17) is 10.7 Å². The van der Waals surface area contributed by atoms with Gasteiger partial charge in [-0.15, -0.1) is 11.3 Å². The normalized spacial score (nSPS) is 13.6. The first-order valence-electron chi connectivity index (χ1n) is 9.45. The molecule has 1 aliphatic rings. The molecule has 0 bridgehead atoms. The van der Waals surface area contributed by atoms with Gasteiger partial charge in [0.2, 0.25) is 0 Å². The number of nitrogens with one attached hydrogen (secondary N) is 1. The number of halogens is 1. The second-order valence-corrected chi connectivity index (χ2v) is 8.20. The SMILES string of the molecule is Nc1c(C(=O)NC2CC2)sc2nc(-c3ccccc3)cc(-c3ccc(F)cc3)c12. The molecule has 0 radical (unpaired) electrons. The van der Waals surface area contributed by atoms with Crippen molar-refractivity contribution in [2.45, 2.75) is 18.9 Å². The molecule has 0 atom stereocenters. The molecule has 5 rings (SSSR count). The number of hydrogen-bond acceptors (Lipinski definition) is 4. The highest BCUT2D eigenvalue weighted by atomic mass is 32.1. The maximum Gasteiger partial charge on any atom is 0.263 e. The van der Waals surface area contributed by atoms with Gasteiger partial charge in [-0.3, -0.25) is 4.79 Å². The third kappa shape index (κ3) is 3.36. The van der Waals surface area contributed by atoms with Gasteiger partial charge in [0.25, 0.3) is 5.91 Å². The number of carbonyl (C=O) groups is 1. The van der Waals surface area contributed by atoms with Gasteiger partial charge in [-0.25, -0.2) is 9.37 Å². The van der Waals surface area contributed by atoms with E-state index in [2.05, 4.69) is 5.32 Å². The fourth-order valence-electron chi connectivity index (χ4n) is 3.38. The van der Waals surface area contributed by atoms with Crippen LogP contribution in [0.2, 0.25) is 0 Å². The summed E-state index contributed by atoms with van der Waals surface area (Å²) in [5, 5.41) is 3.74. The number of anilines is 1.